The normalized spacial score (nSPS) is 22.9. The van der Waals surface area contributed by atoms with Crippen molar-refractivity contribution in [2.45, 2.75) is 69.2 Å². The van der Waals surface area contributed by atoms with Crippen molar-refractivity contribution in [1.29, 1.82) is 0 Å². The second-order valence-electron chi connectivity index (χ2n) is 17.2. The number of aliphatic hydroxyl groups is 1. The molecule has 5 aromatic rings. The number of benzene rings is 5. The summed E-state index contributed by atoms with van der Waals surface area (Å²) in [6, 6.07) is 34.6. The standard InChI is InChI=1S/C48H48N4O9Si/c1-30-46(62(3,4)38-19-17-37(59-2)18-20-38)43(25-44(54)49-27-33-12-6-5-11-32(33)23-36(49)28-53)61-48(30)39-24-35(52(57)58)16-21-40(39)50(47(48)56)26-31-10-9-13-34(22-31)51-41-14-7-8-15-42(41)60-29-45(51)55/h5-22,24,30,36,43,46,53H,23,25-29H2,1-4H3/t30-,36-,43+,46-,48+/m0/s1. The molecule has 0 bridgehead atoms. The first-order valence-electron chi connectivity index (χ1n) is 20.9. The molecule has 0 radical (unpaired) electrons. The first kappa shape index (κ1) is 41.0. The molecule has 13 nitrogen and oxygen atoms in total. The van der Waals surface area contributed by atoms with Crippen LogP contribution in [0.2, 0.25) is 18.6 Å². The van der Waals surface area contributed by atoms with Gasteiger partial charge >= 0.3 is 0 Å². The lowest BCUT2D eigenvalue weighted by Gasteiger charge is -2.39. The Balaban J connectivity index is 1.12. The van der Waals surface area contributed by atoms with Crippen molar-refractivity contribution in [1.82, 2.24) is 4.90 Å². The van der Waals surface area contributed by atoms with Gasteiger partial charge in [-0.25, -0.2) is 0 Å². The first-order chi connectivity index (χ1) is 29.8. The molecule has 0 saturated carbocycles. The number of hydrogen-bond acceptors (Lipinski definition) is 9. The van der Waals surface area contributed by atoms with E-state index in [9.17, 15) is 24.8 Å². The topological polar surface area (TPSA) is 152 Å². The summed E-state index contributed by atoms with van der Waals surface area (Å²) in [6.07, 6.45) is -0.307. The van der Waals surface area contributed by atoms with E-state index in [1.165, 1.54) is 12.1 Å². The fraction of sp³-hybridized carbons (Fsp3) is 0.312. The molecule has 14 heteroatoms. The van der Waals surface area contributed by atoms with Gasteiger partial charge in [0.1, 0.15) is 11.5 Å². The Labute approximate surface area is 360 Å². The molecule has 5 atom stereocenters. The molecule has 1 N–H and O–H groups in total. The molecule has 1 spiro atoms. The van der Waals surface area contributed by atoms with Crippen LogP contribution in [0.25, 0.3) is 0 Å². The van der Waals surface area contributed by atoms with Crippen LogP contribution in [-0.4, -0.2) is 73.2 Å². The number of carbonyl (C=O) groups excluding carboxylic acids is 3. The maximum atomic E-state index is 15.6. The van der Waals surface area contributed by atoms with Crippen LogP contribution in [0.15, 0.2) is 115 Å². The van der Waals surface area contributed by atoms with Crippen LogP contribution in [0.1, 0.15) is 35.6 Å². The molecule has 4 heterocycles. The molecule has 0 unspecified atom stereocenters. The Morgan fingerprint density at radius 2 is 1.68 bits per heavy atom. The summed E-state index contributed by atoms with van der Waals surface area (Å²) in [5, 5.41) is 24.0. The smallest absolute Gasteiger partial charge is 0.269 e. The number of non-ortho nitro benzene ring substituents is 1. The van der Waals surface area contributed by atoms with Crippen LogP contribution in [0, 0.1) is 16.0 Å². The third kappa shape index (κ3) is 6.73. The summed E-state index contributed by atoms with van der Waals surface area (Å²) >= 11 is 0. The van der Waals surface area contributed by atoms with Gasteiger partial charge in [0.05, 0.1) is 63.2 Å². The predicted octanol–water partition coefficient (Wildman–Crippen LogP) is 6.76. The highest BCUT2D eigenvalue weighted by Crippen LogP contribution is 2.60. The van der Waals surface area contributed by atoms with Crippen molar-refractivity contribution < 1.29 is 38.6 Å². The molecule has 4 aliphatic heterocycles. The molecule has 3 amide bonds. The Morgan fingerprint density at radius 3 is 2.42 bits per heavy atom. The quantitative estimate of drug-likeness (QED) is 0.0913. The number of hydrogen-bond donors (Lipinski definition) is 1. The van der Waals surface area contributed by atoms with Crippen molar-refractivity contribution in [2.75, 3.05) is 30.1 Å². The molecular weight excluding hydrogens is 805 g/mol. The monoisotopic (exact) mass is 852 g/mol. The molecule has 4 aliphatic rings. The number of nitro groups is 1. The van der Waals surface area contributed by atoms with E-state index in [4.69, 9.17) is 14.2 Å². The molecule has 318 valence electrons. The van der Waals surface area contributed by atoms with Crippen LogP contribution in [0.5, 0.6) is 11.5 Å². The molecule has 1 saturated heterocycles. The lowest BCUT2D eigenvalue weighted by Crippen LogP contribution is -2.52. The zero-order chi connectivity index (χ0) is 43.5. The summed E-state index contributed by atoms with van der Waals surface area (Å²) in [5.41, 5.74) is 2.73. The molecule has 1 fully saturated rings. The van der Waals surface area contributed by atoms with E-state index < -0.39 is 36.7 Å². The van der Waals surface area contributed by atoms with Crippen LogP contribution in [-0.2, 0) is 44.2 Å². The second kappa shape index (κ2) is 15.8. The zero-order valence-electron chi connectivity index (χ0n) is 35.0. The van der Waals surface area contributed by atoms with Crippen LogP contribution in [0.3, 0.4) is 0 Å². The molecule has 0 aromatic heterocycles. The summed E-state index contributed by atoms with van der Waals surface area (Å²) in [4.78, 5) is 60.4. The molecule has 9 rings (SSSR count). The number of anilines is 3. The first-order valence-corrected chi connectivity index (χ1v) is 24.0. The summed E-state index contributed by atoms with van der Waals surface area (Å²) < 4.78 is 18.4. The Hall–Kier alpha value is -6.35. The van der Waals surface area contributed by atoms with Gasteiger partial charge < -0.3 is 29.1 Å². The summed E-state index contributed by atoms with van der Waals surface area (Å²) in [5.74, 6) is -0.0675. The zero-order valence-corrected chi connectivity index (χ0v) is 36.0. The van der Waals surface area contributed by atoms with E-state index >= 15 is 4.79 Å². The average molecular weight is 853 g/mol. The molecule has 62 heavy (non-hydrogen) atoms. The number of para-hydroxylation sites is 2. The van der Waals surface area contributed by atoms with Gasteiger partial charge in [-0.05, 0) is 71.1 Å². The lowest BCUT2D eigenvalue weighted by atomic mass is 9.82. The van der Waals surface area contributed by atoms with Crippen LogP contribution < -0.4 is 24.5 Å². The number of nitrogens with zero attached hydrogens (tertiary/aromatic N) is 4. The minimum absolute atomic E-state index is 0.0589. The summed E-state index contributed by atoms with van der Waals surface area (Å²) in [7, 11) is -1.09. The number of ether oxygens (including phenoxy) is 3. The van der Waals surface area contributed by atoms with Crippen LogP contribution >= 0.6 is 0 Å². The number of fused-ring (bicyclic) bond motifs is 4. The predicted molar refractivity (Wildman–Crippen MR) is 236 cm³/mol. The largest absolute Gasteiger partial charge is 0.497 e. The lowest BCUT2D eigenvalue weighted by molar-refractivity contribution is -0.385. The number of methoxy groups -OCH3 is 1. The van der Waals surface area contributed by atoms with Crippen molar-refractivity contribution in [3.8, 4) is 11.5 Å². The van der Waals surface area contributed by atoms with E-state index in [1.807, 2.05) is 104 Å². The van der Waals surface area contributed by atoms with Crippen molar-refractivity contribution >= 4 is 53.7 Å². The molecular formula is C48H48N4O9Si. The molecule has 5 aromatic carbocycles. The number of rotatable bonds is 10. The van der Waals surface area contributed by atoms with Gasteiger partial charge in [0.15, 0.2) is 12.2 Å². The third-order valence-corrected chi connectivity index (χ3v) is 17.9. The van der Waals surface area contributed by atoms with E-state index in [0.717, 1.165) is 21.9 Å². The highest BCUT2D eigenvalue weighted by Gasteiger charge is 2.67. The van der Waals surface area contributed by atoms with Crippen molar-refractivity contribution in [3.63, 3.8) is 0 Å². The van der Waals surface area contributed by atoms with Gasteiger partial charge in [-0.2, -0.15) is 0 Å². The highest BCUT2D eigenvalue weighted by molar-refractivity contribution is 6.91. The highest BCUT2D eigenvalue weighted by atomic mass is 28.3. The van der Waals surface area contributed by atoms with Gasteiger partial charge in [-0.1, -0.05) is 85.9 Å². The Bertz CT molecular complexity index is 2600. The fourth-order valence-corrected chi connectivity index (χ4v) is 14.5. The van der Waals surface area contributed by atoms with Gasteiger partial charge in [-0.3, -0.25) is 29.4 Å². The van der Waals surface area contributed by atoms with Gasteiger partial charge in [-0.15, -0.1) is 0 Å². The summed E-state index contributed by atoms with van der Waals surface area (Å²) in [6.45, 7) is 6.49. The van der Waals surface area contributed by atoms with Gasteiger partial charge in [0, 0.05) is 35.8 Å². The van der Waals surface area contributed by atoms with Crippen LogP contribution in [0.4, 0.5) is 22.7 Å². The van der Waals surface area contributed by atoms with E-state index in [1.54, 1.807) is 27.9 Å². The van der Waals surface area contributed by atoms with Crippen molar-refractivity contribution in [3.05, 3.63) is 148 Å². The average Bonchev–Trinajstić information content (AvgIpc) is 3.71. The number of amides is 3. The molecule has 0 aliphatic carbocycles. The Kier molecular flexibility index (Phi) is 10.5. The van der Waals surface area contributed by atoms with E-state index in [-0.39, 0.29) is 55.1 Å². The number of nitro benzene ring substituents is 1. The Morgan fingerprint density at radius 1 is 0.935 bits per heavy atom. The maximum Gasteiger partial charge on any atom is 0.269 e. The SMILES string of the molecule is COc1ccc([Si](C)(C)[C@@H]2[C@@H](CC(=O)N3Cc4ccccc4C[C@H]3CO)O[C@]3(C(=O)N(Cc4cccc(N5C(=O)COc6ccccc65)c4)c4ccc([N+](=O)[O-])cc43)[C@H]2C)cc1. The minimum Gasteiger partial charge on any atom is -0.497 e. The van der Waals surface area contributed by atoms with E-state index in [2.05, 4.69) is 13.1 Å². The van der Waals surface area contributed by atoms with Crippen molar-refractivity contribution in [2.24, 2.45) is 5.92 Å². The van der Waals surface area contributed by atoms with Gasteiger partial charge in [0.2, 0.25) is 5.91 Å². The maximum absolute atomic E-state index is 15.6. The second-order valence-corrected chi connectivity index (χ2v) is 21.9. The third-order valence-electron chi connectivity index (χ3n) is 13.5. The number of aliphatic hydroxyl groups excluding tert-OH is 1. The fourth-order valence-electron chi connectivity index (χ4n) is 10.5. The van der Waals surface area contributed by atoms with Gasteiger partial charge in [0.25, 0.3) is 17.5 Å². The number of carbonyl (C=O) groups is 3. The minimum atomic E-state index is -2.70. The van der Waals surface area contributed by atoms with E-state index in [0.29, 0.717) is 47.1 Å².